The first-order chi connectivity index (χ1) is 5.35. The molecule has 0 N–H and O–H groups in total. The zero-order valence-corrected chi connectivity index (χ0v) is 8.95. The molecule has 0 heterocycles. The Hall–Kier alpha value is 0.137. The van der Waals surface area contributed by atoms with Crippen molar-refractivity contribution in [2.45, 2.75) is 33.6 Å². The van der Waals surface area contributed by atoms with Crippen molar-refractivity contribution in [1.29, 1.82) is 0 Å². The molecule has 0 unspecified atom stereocenters. The Labute approximate surface area is 71.7 Å². The summed E-state index contributed by atoms with van der Waals surface area (Å²) >= 11 is 0. The van der Waals surface area contributed by atoms with Crippen LogP contribution < -0.4 is 0 Å². The van der Waals surface area contributed by atoms with Crippen molar-refractivity contribution in [2.24, 2.45) is 0 Å². The van der Waals surface area contributed by atoms with Crippen molar-refractivity contribution in [3.63, 3.8) is 0 Å². The summed E-state index contributed by atoms with van der Waals surface area (Å²) in [6, 6.07) is 2.22. The molecule has 0 aliphatic heterocycles. The van der Waals surface area contributed by atoms with E-state index in [2.05, 4.69) is 13.0 Å². The Morgan fingerprint density at radius 1 is 1.09 bits per heavy atom. The summed E-state index contributed by atoms with van der Waals surface area (Å²) in [5.41, 5.74) is 0. The van der Waals surface area contributed by atoms with E-state index in [1.165, 1.54) is 6.42 Å². The van der Waals surface area contributed by atoms with Gasteiger partial charge >= 0.3 is 9.28 Å². The Kier molecular flexibility index (Phi) is 8.34. The van der Waals surface area contributed by atoms with E-state index in [0.717, 1.165) is 19.6 Å². The highest BCUT2D eigenvalue weighted by Crippen LogP contribution is 2.00. The molecule has 0 rings (SSSR count). The van der Waals surface area contributed by atoms with E-state index < -0.39 is 9.28 Å². The van der Waals surface area contributed by atoms with Gasteiger partial charge in [0.15, 0.2) is 0 Å². The van der Waals surface area contributed by atoms with Gasteiger partial charge < -0.3 is 8.85 Å². The molecule has 1 radical (unpaired) electrons. The van der Waals surface area contributed by atoms with Gasteiger partial charge in [-0.15, -0.1) is 0 Å². The predicted octanol–water partition coefficient (Wildman–Crippen LogP) is 1.82. The first-order valence-corrected chi connectivity index (χ1v) is 6.02. The summed E-state index contributed by atoms with van der Waals surface area (Å²) in [4.78, 5) is 0. The lowest BCUT2D eigenvalue weighted by Crippen LogP contribution is -2.23. The lowest BCUT2D eigenvalue weighted by atomic mass is 10.4. The first kappa shape index (κ1) is 11.1. The number of unbranched alkanes of at least 4 members (excludes halogenated alkanes) is 1. The summed E-state index contributed by atoms with van der Waals surface area (Å²) in [6.07, 6.45) is 2.31. The molecule has 0 atom stereocenters. The van der Waals surface area contributed by atoms with Gasteiger partial charge in [0.1, 0.15) is 0 Å². The molecule has 0 aromatic carbocycles. The van der Waals surface area contributed by atoms with Crippen molar-refractivity contribution in [3.05, 3.63) is 6.04 Å². The monoisotopic (exact) mass is 175 g/mol. The lowest BCUT2D eigenvalue weighted by molar-refractivity contribution is 0.219. The minimum absolute atomic E-state index is 0.775. The molecule has 0 bridgehead atoms. The molecule has 0 aromatic rings. The van der Waals surface area contributed by atoms with Gasteiger partial charge in [0.2, 0.25) is 0 Å². The highest BCUT2D eigenvalue weighted by Gasteiger charge is 2.10. The van der Waals surface area contributed by atoms with Crippen molar-refractivity contribution < 1.29 is 8.85 Å². The highest BCUT2D eigenvalue weighted by molar-refractivity contribution is 6.48. The molecule has 0 saturated heterocycles. The summed E-state index contributed by atoms with van der Waals surface area (Å²) in [5.74, 6) is 0. The van der Waals surface area contributed by atoms with Crippen LogP contribution in [0.1, 0.15) is 33.6 Å². The Bertz CT molecular complexity index is 72.5. The molecule has 11 heavy (non-hydrogen) atoms. The Morgan fingerprint density at radius 2 is 1.64 bits per heavy atom. The van der Waals surface area contributed by atoms with Crippen LogP contribution in [0.5, 0.6) is 0 Å². The fourth-order valence-electron chi connectivity index (χ4n) is 0.815. The van der Waals surface area contributed by atoms with Crippen LogP contribution in [0.15, 0.2) is 0 Å². The van der Waals surface area contributed by atoms with E-state index in [0.29, 0.717) is 0 Å². The zero-order valence-electron chi connectivity index (χ0n) is 7.80. The maximum atomic E-state index is 5.45. The topological polar surface area (TPSA) is 18.5 Å². The van der Waals surface area contributed by atoms with Gasteiger partial charge in [-0.2, -0.15) is 0 Å². The molecule has 0 aliphatic rings. The largest absolute Gasteiger partial charge is 0.397 e. The van der Waals surface area contributed by atoms with E-state index >= 15 is 0 Å². The van der Waals surface area contributed by atoms with E-state index in [1.54, 1.807) is 0 Å². The quantitative estimate of drug-likeness (QED) is 0.550. The number of hydrogen-bond donors (Lipinski definition) is 0. The molecule has 0 aromatic heterocycles. The molecule has 2 nitrogen and oxygen atoms in total. The van der Waals surface area contributed by atoms with Crippen molar-refractivity contribution in [3.8, 4) is 0 Å². The summed E-state index contributed by atoms with van der Waals surface area (Å²) in [5, 5.41) is 0. The van der Waals surface area contributed by atoms with Crippen LogP contribution in [0.3, 0.4) is 0 Å². The SMILES string of the molecule is CCC[CH][SiH](OCC)OCC. The minimum atomic E-state index is -1.38. The second kappa shape index (κ2) is 8.24. The van der Waals surface area contributed by atoms with Gasteiger partial charge in [-0.3, -0.25) is 0 Å². The zero-order chi connectivity index (χ0) is 8.53. The molecule has 0 fully saturated rings. The summed E-state index contributed by atoms with van der Waals surface area (Å²) < 4.78 is 10.9. The van der Waals surface area contributed by atoms with Crippen LogP contribution >= 0.6 is 0 Å². The molecule has 0 saturated carbocycles. The first-order valence-electron chi connectivity index (χ1n) is 4.41. The standard InChI is InChI=1S/C8H19O2Si/c1-4-7-8-11(9-5-2)10-6-3/h8,11H,4-7H2,1-3H3. The minimum Gasteiger partial charge on any atom is -0.397 e. The van der Waals surface area contributed by atoms with E-state index in [-0.39, 0.29) is 0 Å². The van der Waals surface area contributed by atoms with Crippen LogP contribution in [0.25, 0.3) is 0 Å². The molecule has 0 amide bonds. The van der Waals surface area contributed by atoms with Crippen LogP contribution in [0.4, 0.5) is 0 Å². The predicted molar refractivity (Wildman–Crippen MR) is 49.6 cm³/mol. The van der Waals surface area contributed by atoms with Crippen molar-refractivity contribution >= 4 is 9.28 Å². The second-order valence-electron chi connectivity index (χ2n) is 2.30. The van der Waals surface area contributed by atoms with Gasteiger partial charge in [-0.1, -0.05) is 13.3 Å². The van der Waals surface area contributed by atoms with Gasteiger partial charge in [0.05, 0.1) is 0 Å². The van der Waals surface area contributed by atoms with Crippen LogP contribution in [-0.4, -0.2) is 22.5 Å². The molecular formula is C8H19O2Si. The third-order valence-electron chi connectivity index (χ3n) is 1.31. The lowest BCUT2D eigenvalue weighted by Gasteiger charge is -2.13. The third kappa shape index (κ3) is 6.53. The maximum Gasteiger partial charge on any atom is 0.324 e. The average Bonchev–Trinajstić information content (AvgIpc) is 2.01. The van der Waals surface area contributed by atoms with Crippen LogP contribution in [0.2, 0.25) is 0 Å². The number of rotatable bonds is 7. The van der Waals surface area contributed by atoms with Crippen molar-refractivity contribution in [1.82, 2.24) is 0 Å². The van der Waals surface area contributed by atoms with E-state index in [9.17, 15) is 0 Å². The molecule has 67 valence electrons. The van der Waals surface area contributed by atoms with Crippen LogP contribution in [0, 0.1) is 6.04 Å². The van der Waals surface area contributed by atoms with Gasteiger partial charge in [-0.05, 0) is 20.3 Å². The average molecular weight is 175 g/mol. The Balaban J connectivity index is 3.34. The fraction of sp³-hybridized carbons (Fsp3) is 0.875. The summed E-state index contributed by atoms with van der Waals surface area (Å²) in [6.45, 7) is 7.74. The van der Waals surface area contributed by atoms with E-state index in [4.69, 9.17) is 8.85 Å². The normalized spacial score (nSPS) is 10.9. The van der Waals surface area contributed by atoms with Gasteiger partial charge in [-0.25, -0.2) is 0 Å². The van der Waals surface area contributed by atoms with Gasteiger partial charge in [0, 0.05) is 19.3 Å². The van der Waals surface area contributed by atoms with Gasteiger partial charge in [0.25, 0.3) is 0 Å². The molecule has 0 aliphatic carbocycles. The fourth-order valence-corrected chi connectivity index (χ4v) is 2.45. The Morgan fingerprint density at radius 3 is 2.00 bits per heavy atom. The van der Waals surface area contributed by atoms with Crippen LogP contribution in [-0.2, 0) is 8.85 Å². The van der Waals surface area contributed by atoms with E-state index in [1.807, 2.05) is 13.8 Å². The smallest absolute Gasteiger partial charge is 0.324 e. The molecule has 3 heteroatoms. The number of hydrogen-bond acceptors (Lipinski definition) is 2. The summed E-state index contributed by atoms with van der Waals surface area (Å²) in [7, 11) is -1.38. The second-order valence-corrected chi connectivity index (χ2v) is 4.18. The maximum absolute atomic E-state index is 5.45. The highest BCUT2D eigenvalue weighted by atomic mass is 28.3. The van der Waals surface area contributed by atoms with Crippen molar-refractivity contribution in [2.75, 3.05) is 13.2 Å². The molecule has 0 spiro atoms. The third-order valence-corrected chi connectivity index (χ3v) is 3.35. The molecular weight excluding hydrogens is 156 g/mol.